The first-order valence-corrected chi connectivity index (χ1v) is 15.1. The number of aromatic nitrogens is 3. The second-order valence-corrected chi connectivity index (χ2v) is 11.3. The van der Waals surface area contributed by atoms with Gasteiger partial charge in [-0.05, 0) is 61.2 Å². The summed E-state index contributed by atoms with van der Waals surface area (Å²) in [7, 11) is 0. The lowest BCUT2D eigenvalue weighted by molar-refractivity contribution is -0.274. The van der Waals surface area contributed by atoms with E-state index in [-0.39, 0.29) is 17.7 Å². The number of aliphatic imine (C=N–C) groups is 2. The third-order valence-electron chi connectivity index (χ3n) is 7.17. The number of ether oxygens (including phenoxy) is 1. The third kappa shape index (κ3) is 7.54. The van der Waals surface area contributed by atoms with Crippen LogP contribution in [0.5, 0.6) is 5.75 Å². The number of amides is 2. The lowest BCUT2D eigenvalue weighted by Gasteiger charge is -2.36. The molecule has 5 rings (SSSR count). The van der Waals surface area contributed by atoms with Crippen LogP contribution in [0.4, 0.5) is 23.7 Å². The molecule has 1 fully saturated rings. The number of halogens is 3. The van der Waals surface area contributed by atoms with E-state index in [9.17, 15) is 18.0 Å². The number of amidine groups is 1. The van der Waals surface area contributed by atoms with Gasteiger partial charge in [-0.15, -0.1) is 18.3 Å². The number of rotatable bonds is 7. The number of thioether (sulfide) groups is 1. The highest BCUT2D eigenvalue weighted by molar-refractivity contribution is 8.14. The van der Waals surface area contributed by atoms with Crippen molar-refractivity contribution in [2.75, 3.05) is 10.7 Å². The minimum absolute atomic E-state index is 0.147. The minimum atomic E-state index is -4.75. The number of benzene rings is 3. The molecule has 228 valence electrons. The van der Waals surface area contributed by atoms with Crippen LogP contribution < -0.4 is 9.64 Å². The van der Waals surface area contributed by atoms with Gasteiger partial charge in [-0.3, -0.25) is 0 Å². The van der Waals surface area contributed by atoms with E-state index < -0.39 is 12.4 Å². The summed E-state index contributed by atoms with van der Waals surface area (Å²) in [6.07, 6.45) is 0.212. The number of carbonyl (C=O) groups excluding carboxylic acids is 1. The molecule has 3 aromatic carbocycles. The van der Waals surface area contributed by atoms with Crippen LogP contribution in [0.15, 0.2) is 89.1 Å². The van der Waals surface area contributed by atoms with Crippen molar-refractivity contribution in [3.63, 3.8) is 0 Å². The summed E-state index contributed by atoms with van der Waals surface area (Å²) in [6, 6.07) is 20.8. The molecule has 1 aliphatic rings. The summed E-state index contributed by atoms with van der Waals surface area (Å²) < 4.78 is 42.6. The highest BCUT2D eigenvalue weighted by atomic mass is 32.2. The fourth-order valence-electron chi connectivity index (χ4n) is 4.81. The monoisotopic (exact) mass is 620 g/mol. The first kappa shape index (κ1) is 31.0. The zero-order chi connectivity index (χ0) is 31.3. The zero-order valence-corrected chi connectivity index (χ0v) is 25.2. The van der Waals surface area contributed by atoms with Crippen molar-refractivity contribution in [2.45, 2.75) is 51.9 Å². The van der Waals surface area contributed by atoms with E-state index in [1.807, 2.05) is 43.3 Å². The van der Waals surface area contributed by atoms with Gasteiger partial charge in [0.2, 0.25) is 0 Å². The maximum absolute atomic E-state index is 12.8. The molecule has 0 saturated carbocycles. The lowest BCUT2D eigenvalue weighted by atomic mass is 10.0. The van der Waals surface area contributed by atoms with E-state index in [2.05, 4.69) is 55.7 Å². The number of aryl methyl sites for hydroxylation is 1. The molecule has 0 N–H and O–H groups in total. The predicted octanol–water partition coefficient (Wildman–Crippen LogP) is 8.08. The van der Waals surface area contributed by atoms with Gasteiger partial charge in [0.25, 0.3) is 0 Å². The Morgan fingerprint density at radius 3 is 2.55 bits per heavy atom. The van der Waals surface area contributed by atoms with Gasteiger partial charge in [0.05, 0.1) is 5.69 Å². The van der Waals surface area contributed by atoms with Gasteiger partial charge in [0, 0.05) is 35.2 Å². The van der Waals surface area contributed by atoms with Crippen molar-refractivity contribution in [3.05, 3.63) is 90.3 Å². The lowest BCUT2D eigenvalue weighted by Crippen LogP contribution is -2.42. The average molecular weight is 621 g/mol. The fraction of sp³-hybridized carbons (Fsp3) is 0.281. The third-order valence-corrected chi connectivity index (χ3v) is 8.15. The maximum atomic E-state index is 12.8. The molecule has 4 aromatic rings. The van der Waals surface area contributed by atoms with Crippen molar-refractivity contribution >= 4 is 34.9 Å². The quantitative estimate of drug-likeness (QED) is 0.194. The molecule has 12 heteroatoms. The van der Waals surface area contributed by atoms with E-state index in [1.165, 1.54) is 40.8 Å². The van der Waals surface area contributed by atoms with Gasteiger partial charge in [-0.2, -0.15) is 4.99 Å². The normalized spacial score (nSPS) is 17.3. The summed E-state index contributed by atoms with van der Waals surface area (Å²) in [5.74, 6) is 0.881. The van der Waals surface area contributed by atoms with Crippen molar-refractivity contribution < 1.29 is 22.7 Å². The molecule has 44 heavy (non-hydrogen) atoms. The molecule has 2 amide bonds. The van der Waals surface area contributed by atoms with Crippen LogP contribution in [-0.2, 0) is 6.42 Å². The molecule has 0 spiro atoms. The van der Waals surface area contributed by atoms with Crippen molar-refractivity contribution in [1.29, 1.82) is 0 Å². The largest absolute Gasteiger partial charge is 0.573 e. The van der Waals surface area contributed by atoms with E-state index >= 15 is 0 Å². The topological polar surface area (TPSA) is 85.0 Å². The summed E-state index contributed by atoms with van der Waals surface area (Å²) in [5, 5.41) is 5.11. The van der Waals surface area contributed by atoms with Gasteiger partial charge >= 0.3 is 12.4 Å². The Bertz CT molecular complexity index is 1650. The molecule has 1 aromatic heterocycles. The standard InChI is InChI=1S/C32H31F3N6O2S/c1-4-23-7-5-6-8-28(23)41-22(3)17-18-44-31(41)38-30(42)36-19-21(2)24-9-11-25(12-10-24)29-37-20-40(39-29)26-13-15-27(16-14-26)43-32(33,34)35/h5-16,19-22H,4,17-18H2,1-3H3. The number of anilines is 1. The summed E-state index contributed by atoms with van der Waals surface area (Å²) in [4.78, 5) is 27.8. The van der Waals surface area contributed by atoms with E-state index in [0.29, 0.717) is 16.7 Å². The highest BCUT2D eigenvalue weighted by Gasteiger charge is 2.31. The van der Waals surface area contributed by atoms with Crippen LogP contribution >= 0.6 is 11.8 Å². The minimum Gasteiger partial charge on any atom is -0.406 e. The number of nitrogens with zero attached hydrogens (tertiary/aromatic N) is 6. The number of hydrogen-bond donors (Lipinski definition) is 0. The van der Waals surface area contributed by atoms with Gasteiger partial charge in [-0.1, -0.05) is 68.1 Å². The van der Waals surface area contributed by atoms with Crippen molar-refractivity contribution in [2.24, 2.45) is 9.98 Å². The van der Waals surface area contributed by atoms with Crippen LogP contribution in [-0.4, -0.2) is 50.3 Å². The summed E-state index contributed by atoms with van der Waals surface area (Å²) in [5.41, 5.74) is 4.51. The first-order valence-electron chi connectivity index (χ1n) is 14.2. The molecule has 1 aliphatic heterocycles. The molecular weight excluding hydrogens is 589 g/mol. The Labute approximate surface area is 257 Å². The zero-order valence-electron chi connectivity index (χ0n) is 24.4. The molecule has 2 unspecified atom stereocenters. The summed E-state index contributed by atoms with van der Waals surface area (Å²) >= 11 is 1.57. The molecule has 2 atom stereocenters. The number of hydrogen-bond acceptors (Lipinski definition) is 5. The van der Waals surface area contributed by atoms with Crippen LogP contribution in [0.25, 0.3) is 17.1 Å². The van der Waals surface area contributed by atoms with E-state index in [1.54, 1.807) is 18.0 Å². The van der Waals surface area contributed by atoms with Gasteiger partial charge in [0.15, 0.2) is 11.0 Å². The molecule has 2 heterocycles. The number of carbonyl (C=O) groups is 1. The second kappa shape index (κ2) is 13.5. The Morgan fingerprint density at radius 2 is 1.84 bits per heavy atom. The van der Waals surface area contributed by atoms with Crippen LogP contribution in [0.2, 0.25) is 0 Å². The maximum Gasteiger partial charge on any atom is 0.573 e. The number of urea groups is 1. The Balaban J connectivity index is 1.24. The Morgan fingerprint density at radius 1 is 1.11 bits per heavy atom. The molecular formula is C32H31F3N6O2S. The average Bonchev–Trinajstić information content (AvgIpc) is 3.50. The molecule has 0 aliphatic carbocycles. The van der Waals surface area contributed by atoms with E-state index in [4.69, 9.17) is 0 Å². The smallest absolute Gasteiger partial charge is 0.406 e. The Kier molecular flexibility index (Phi) is 9.48. The van der Waals surface area contributed by atoms with Gasteiger partial charge in [0.1, 0.15) is 12.1 Å². The van der Waals surface area contributed by atoms with Crippen LogP contribution in [0, 0.1) is 0 Å². The number of alkyl halides is 3. The molecule has 0 radical (unpaired) electrons. The van der Waals surface area contributed by atoms with Gasteiger partial charge < -0.3 is 9.64 Å². The predicted molar refractivity (Wildman–Crippen MR) is 168 cm³/mol. The summed E-state index contributed by atoms with van der Waals surface area (Å²) in [6.45, 7) is 6.21. The van der Waals surface area contributed by atoms with Crippen molar-refractivity contribution in [3.8, 4) is 22.8 Å². The second-order valence-electron chi connectivity index (χ2n) is 10.3. The van der Waals surface area contributed by atoms with E-state index in [0.717, 1.165) is 35.4 Å². The SMILES string of the molecule is CCc1ccccc1N1C(=NC(=O)N=CC(C)c2ccc(-c3ncn(-c4ccc(OC(F)(F)F)cc4)n3)cc2)SCCC1C. The van der Waals surface area contributed by atoms with Crippen LogP contribution in [0.3, 0.4) is 0 Å². The fourth-order valence-corrected chi connectivity index (χ4v) is 6.01. The van der Waals surface area contributed by atoms with Crippen LogP contribution in [0.1, 0.15) is 44.2 Å². The Hall–Kier alpha value is -4.45. The van der Waals surface area contributed by atoms with Crippen molar-refractivity contribution in [1.82, 2.24) is 14.8 Å². The van der Waals surface area contributed by atoms with Gasteiger partial charge in [-0.25, -0.2) is 19.5 Å². The molecule has 1 saturated heterocycles. The molecule has 8 nitrogen and oxygen atoms in total. The highest BCUT2D eigenvalue weighted by Crippen LogP contribution is 2.32. The number of para-hydroxylation sites is 1. The first-order chi connectivity index (χ1) is 21.1. The molecule has 0 bridgehead atoms.